The van der Waals surface area contributed by atoms with E-state index in [1.807, 2.05) is 0 Å². The quantitative estimate of drug-likeness (QED) is 0.598. The van der Waals surface area contributed by atoms with Crippen molar-refractivity contribution in [3.8, 4) is 5.75 Å². The first-order valence-corrected chi connectivity index (χ1v) is 13.1. The summed E-state index contributed by atoms with van der Waals surface area (Å²) in [6.45, 7) is 3.02. The summed E-state index contributed by atoms with van der Waals surface area (Å²) in [6.07, 6.45) is 7.51. The lowest BCUT2D eigenvalue weighted by molar-refractivity contribution is 0.0869. The van der Waals surface area contributed by atoms with Gasteiger partial charge < -0.3 is 4.74 Å². The number of sulfonamides is 1. The van der Waals surface area contributed by atoms with Crippen LogP contribution < -0.4 is 4.74 Å². The van der Waals surface area contributed by atoms with Gasteiger partial charge in [-0.15, -0.1) is 0 Å². The number of carbonyl (C=O) groups excluding carboxylic acids is 1. The van der Waals surface area contributed by atoms with E-state index < -0.39 is 15.9 Å². The molecule has 3 aliphatic rings. The number of aryl methyl sites for hydroxylation is 1. The molecule has 1 unspecified atom stereocenters. The fraction of sp³-hybridized carbons (Fsp3) is 0.480. The predicted octanol–water partition coefficient (Wildman–Crippen LogP) is 3.64. The molecule has 1 amide bonds. The summed E-state index contributed by atoms with van der Waals surface area (Å²) in [5.41, 5.74) is 3.13. The number of benzene rings is 2. The SMILES string of the molecule is O=C1c2ccccc2S(=O)(=O)N1CCCCN1CCC(Oc2cccc3c2CCCC3)C1. The lowest BCUT2D eigenvalue weighted by Gasteiger charge is -2.22. The smallest absolute Gasteiger partial charge is 0.269 e. The lowest BCUT2D eigenvalue weighted by Crippen LogP contribution is -2.32. The van der Waals surface area contributed by atoms with Gasteiger partial charge in [-0.05, 0) is 80.8 Å². The largest absolute Gasteiger partial charge is 0.489 e. The van der Waals surface area contributed by atoms with Gasteiger partial charge in [0.1, 0.15) is 16.7 Å². The summed E-state index contributed by atoms with van der Waals surface area (Å²) in [7, 11) is -3.70. The van der Waals surface area contributed by atoms with Crippen LogP contribution in [0.15, 0.2) is 47.4 Å². The molecule has 6 nitrogen and oxygen atoms in total. The Morgan fingerprint density at radius 2 is 1.78 bits per heavy atom. The maximum Gasteiger partial charge on any atom is 0.269 e. The molecule has 32 heavy (non-hydrogen) atoms. The number of ether oxygens (including phenoxy) is 1. The minimum atomic E-state index is -3.70. The Bertz CT molecular complexity index is 1110. The molecule has 1 atom stereocenters. The van der Waals surface area contributed by atoms with Crippen LogP contribution in [0.25, 0.3) is 0 Å². The number of rotatable bonds is 7. The Morgan fingerprint density at radius 3 is 2.66 bits per heavy atom. The van der Waals surface area contributed by atoms with Crippen LogP contribution in [-0.4, -0.2) is 55.8 Å². The molecule has 0 N–H and O–H groups in total. The summed E-state index contributed by atoms with van der Waals surface area (Å²) >= 11 is 0. The van der Waals surface area contributed by atoms with Crippen molar-refractivity contribution in [3.05, 3.63) is 59.2 Å². The zero-order valence-electron chi connectivity index (χ0n) is 18.3. The number of nitrogens with zero attached hydrogens (tertiary/aromatic N) is 2. The van der Waals surface area contributed by atoms with E-state index >= 15 is 0 Å². The van der Waals surface area contributed by atoms with Gasteiger partial charge in [-0.1, -0.05) is 24.3 Å². The predicted molar refractivity (Wildman–Crippen MR) is 122 cm³/mol. The zero-order valence-corrected chi connectivity index (χ0v) is 19.1. The zero-order chi connectivity index (χ0) is 22.1. The maximum absolute atomic E-state index is 12.6. The van der Waals surface area contributed by atoms with Gasteiger partial charge in [-0.25, -0.2) is 12.7 Å². The van der Waals surface area contributed by atoms with Crippen molar-refractivity contribution in [2.75, 3.05) is 26.2 Å². The third kappa shape index (κ3) is 4.04. The summed E-state index contributed by atoms with van der Waals surface area (Å²) in [5.74, 6) is 0.660. The normalized spacial score (nSPS) is 22.1. The Labute approximate surface area is 190 Å². The highest BCUT2D eigenvalue weighted by Gasteiger charge is 2.40. The van der Waals surface area contributed by atoms with E-state index in [4.69, 9.17) is 4.74 Å². The van der Waals surface area contributed by atoms with Crippen molar-refractivity contribution in [3.63, 3.8) is 0 Å². The molecule has 0 aromatic heterocycles. The second-order valence-corrected chi connectivity index (χ2v) is 10.8. The molecule has 0 bridgehead atoms. The number of hydrogen-bond acceptors (Lipinski definition) is 5. The van der Waals surface area contributed by atoms with Crippen molar-refractivity contribution >= 4 is 15.9 Å². The molecule has 1 saturated heterocycles. The molecule has 170 valence electrons. The highest BCUT2D eigenvalue weighted by molar-refractivity contribution is 7.90. The number of amides is 1. The van der Waals surface area contributed by atoms with Crippen molar-refractivity contribution in [2.45, 2.75) is 55.9 Å². The number of unbranched alkanes of at least 4 members (excludes halogenated alkanes) is 1. The highest BCUT2D eigenvalue weighted by atomic mass is 32.2. The van der Waals surface area contributed by atoms with Gasteiger partial charge in [0.25, 0.3) is 15.9 Å². The van der Waals surface area contributed by atoms with Crippen LogP contribution >= 0.6 is 0 Å². The molecule has 2 aliphatic heterocycles. The number of likely N-dealkylation sites (tertiary alicyclic amines) is 1. The first-order valence-electron chi connectivity index (χ1n) is 11.7. The third-order valence-electron chi connectivity index (χ3n) is 6.87. The van der Waals surface area contributed by atoms with E-state index in [0.29, 0.717) is 6.42 Å². The molecule has 1 aliphatic carbocycles. The van der Waals surface area contributed by atoms with Crippen LogP contribution in [0.1, 0.15) is 53.6 Å². The molecule has 0 radical (unpaired) electrons. The monoisotopic (exact) mass is 454 g/mol. The van der Waals surface area contributed by atoms with E-state index in [9.17, 15) is 13.2 Å². The van der Waals surface area contributed by atoms with Gasteiger partial charge in [-0.2, -0.15) is 0 Å². The summed E-state index contributed by atoms with van der Waals surface area (Å²) in [6, 6.07) is 12.9. The van der Waals surface area contributed by atoms with E-state index in [1.54, 1.807) is 18.2 Å². The molecule has 0 saturated carbocycles. The molecule has 5 rings (SSSR count). The Balaban J connectivity index is 1.10. The van der Waals surface area contributed by atoms with Crippen molar-refractivity contribution < 1.29 is 17.9 Å². The van der Waals surface area contributed by atoms with Gasteiger partial charge in [-0.3, -0.25) is 9.69 Å². The number of hydrogen-bond donors (Lipinski definition) is 0. The molecule has 2 aromatic rings. The van der Waals surface area contributed by atoms with Crippen LogP contribution in [0.4, 0.5) is 0 Å². The Kier molecular flexibility index (Phi) is 5.95. The average molecular weight is 455 g/mol. The van der Waals surface area contributed by atoms with Crippen LogP contribution in [0.3, 0.4) is 0 Å². The molecular weight excluding hydrogens is 424 g/mol. The van der Waals surface area contributed by atoms with E-state index in [-0.39, 0.29) is 23.1 Å². The van der Waals surface area contributed by atoms with Crippen molar-refractivity contribution in [2.24, 2.45) is 0 Å². The van der Waals surface area contributed by atoms with E-state index in [2.05, 4.69) is 23.1 Å². The Morgan fingerprint density at radius 1 is 0.969 bits per heavy atom. The Hall–Kier alpha value is -2.38. The number of carbonyl (C=O) groups is 1. The van der Waals surface area contributed by atoms with Crippen LogP contribution in [-0.2, 0) is 22.9 Å². The maximum atomic E-state index is 12.6. The van der Waals surface area contributed by atoms with Crippen LogP contribution in [0.5, 0.6) is 5.75 Å². The summed E-state index contributed by atoms with van der Waals surface area (Å²) in [5, 5.41) is 0. The van der Waals surface area contributed by atoms with E-state index in [0.717, 1.165) is 55.4 Å². The van der Waals surface area contributed by atoms with E-state index in [1.165, 1.54) is 30.0 Å². The van der Waals surface area contributed by atoms with Crippen LogP contribution in [0.2, 0.25) is 0 Å². The first kappa shape index (κ1) is 21.5. The minimum absolute atomic E-state index is 0.132. The second-order valence-electron chi connectivity index (χ2n) is 9.02. The molecule has 2 heterocycles. The average Bonchev–Trinajstić information content (AvgIpc) is 3.33. The summed E-state index contributed by atoms with van der Waals surface area (Å²) < 4.78 is 32.7. The van der Waals surface area contributed by atoms with Gasteiger partial charge in [0, 0.05) is 19.6 Å². The molecule has 1 fully saturated rings. The van der Waals surface area contributed by atoms with Crippen LogP contribution in [0, 0.1) is 0 Å². The lowest BCUT2D eigenvalue weighted by atomic mass is 9.91. The van der Waals surface area contributed by atoms with Crippen molar-refractivity contribution in [1.82, 2.24) is 9.21 Å². The topological polar surface area (TPSA) is 66.9 Å². The molecular formula is C25H30N2O4S. The number of fused-ring (bicyclic) bond motifs is 2. The fourth-order valence-electron chi connectivity index (χ4n) is 5.18. The fourth-order valence-corrected chi connectivity index (χ4v) is 6.78. The third-order valence-corrected chi connectivity index (χ3v) is 8.71. The summed E-state index contributed by atoms with van der Waals surface area (Å²) in [4.78, 5) is 15.0. The first-order chi connectivity index (χ1) is 15.5. The molecule has 0 spiro atoms. The molecule has 7 heteroatoms. The standard InChI is InChI=1S/C25H30N2O4S/c28-25-22-11-3-4-13-24(22)32(29,30)27(25)16-6-5-15-26-17-14-20(18-26)31-23-12-7-9-19-8-1-2-10-21(19)23/h3-4,7,9,11-13,20H,1-2,5-6,8,10,14-18H2. The molecule has 2 aromatic carbocycles. The minimum Gasteiger partial charge on any atom is -0.489 e. The van der Waals surface area contributed by atoms with Gasteiger partial charge in [0.2, 0.25) is 0 Å². The highest BCUT2D eigenvalue weighted by Crippen LogP contribution is 2.32. The van der Waals surface area contributed by atoms with Gasteiger partial charge in [0.15, 0.2) is 0 Å². The van der Waals surface area contributed by atoms with Crippen molar-refractivity contribution in [1.29, 1.82) is 0 Å². The van der Waals surface area contributed by atoms with Gasteiger partial charge >= 0.3 is 0 Å². The van der Waals surface area contributed by atoms with Gasteiger partial charge in [0.05, 0.1) is 5.56 Å². The second kappa shape index (κ2) is 8.87.